The summed E-state index contributed by atoms with van der Waals surface area (Å²) in [7, 11) is 0. The van der Waals surface area contributed by atoms with Crippen molar-refractivity contribution in [1.29, 1.82) is 0 Å². The molecule has 0 aromatic carbocycles. The molecule has 1 heterocycles. The van der Waals surface area contributed by atoms with Crippen LogP contribution in [0.1, 0.15) is 56.3 Å². The van der Waals surface area contributed by atoms with Crippen molar-refractivity contribution in [3.63, 3.8) is 0 Å². The van der Waals surface area contributed by atoms with Crippen LogP contribution in [0, 0.1) is 11.3 Å². The summed E-state index contributed by atoms with van der Waals surface area (Å²) in [6.45, 7) is 7.36. The Morgan fingerprint density at radius 1 is 1.50 bits per heavy atom. The molecule has 0 bridgehead atoms. The number of rotatable bonds is 2. The third kappa shape index (κ3) is 2.26. The molecule has 0 unspecified atom stereocenters. The van der Waals surface area contributed by atoms with Crippen molar-refractivity contribution in [2.45, 2.75) is 46.3 Å². The van der Waals surface area contributed by atoms with Gasteiger partial charge in [0, 0.05) is 22.1 Å². The second kappa shape index (κ2) is 5.74. The standard InChI is InChI=1S/C19H22O5/c1-5-10(2)18(22)24-17-13-6-7-23-16(13)15(21)14-9-12(20)8-11(3)19(14,17)4/h5-7,9,11-12,17,20H,8H2,1-4H3/b10-5-/t11-,12+,17+,19+/m0/s1. The van der Waals surface area contributed by atoms with Crippen LogP contribution in [0.2, 0.25) is 0 Å². The average molecular weight is 330 g/mol. The van der Waals surface area contributed by atoms with Crippen molar-refractivity contribution in [2.75, 3.05) is 0 Å². The van der Waals surface area contributed by atoms with E-state index in [4.69, 9.17) is 9.15 Å². The summed E-state index contributed by atoms with van der Waals surface area (Å²) in [5.41, 5.74) is 0.874. The minimum Gasteiger partial charge on any atom is -0.460 e. The van der Waals surface area contributed by atoms with Crippen LogP contribution in [0.4, 0.5) is 0 Å². The number of Topliss-reactive ketones (excluding diaryl/α,β-unsaturated/α-hetero) is 1. The molecular formula is C19H22O5. The topological polar surface area (TPSA) is 76.7 Å². The molecule has 1 aromatic heterocycles. The second-order valence-corrected chi connectivity index (χ2v) is 6.86. The normalized spacial score (nSPS) is 32.7. The van der Waals surface area contributed by atoms with Gasteiger partial charge in [0.05, 0.1) is 12.4 Å². The Bertz CT molecular complexity index is 754. The van der Waals surface area contributed by atoms with Gasteiger partial charge in [0.25, 0.3) is 0 Å². The van der Waals surface area contributed by atoms with Gasteiger partial charge in [-0.25, -0.2) is 4.79 Å². The van der Waals surface area contributed by atoms with Crippen LogP contribution in [-0.4, -0.2) is 23.0 Å². The van der Waals surface area contributed by atoms with Gasteiger partial charge in [0.2, 0.25) is 5.78 Å². The third-order valence-electron chi connectivity index (χ3n) is 5.51. The van der Waals surface area contributed by atoms with E-state index < -0.39 is 23.6 Å². The summed E-state index contributed by atoms with van der Waals surface area (Å²) in [6, 6.07) is 1.69. The number of allylic oxidation sites excluding steroid dienone is 1. The second-order valence-electron chi connectivity index (χ2n) is 6.86. The number of carbonyl (C=O) groups is 2. The highest BCUT2D eigenvalue weighted by Gasteiger charge is 2.55. The van der Waals surface area contributed by atoms with Crippen LogP contribution in [0.15, 0.2) is 40.0 Å². The van der Waals surface area contributed by atoms with E-state index in [1.165, 1.54) is 6.26 Å². The molecule has 5 nitrogen and oxygen atoms in total. The zero-order chi connectivity index (χ0) is 17.6. The summed E-state index contributed by atoms with van der Waals surface area (Å²) < 4.78 is 11.2. The lowest BCUT2D eigenvalue weighted by atomic mass is 9.58. The van der Waals surface area contributed by atoms with Gasteiger partial charge in [0.15, 0.2) is 5.76 Å². The Labute approximate surface area is 141 Å². The Kier molecular flexibility index (Phi) is 4.00. The predicted molar refractivity (Wildman–Crippen MR) is 87.3 cm³/mol. The molecule has 1 N–H and O–H groups in total. The van der Waals surface area contributed by atoms with E-state index in [0.717, 1.165) is 0 Å². The van der Waals surface area contributed by atoms with Gasteiger partial charge in [-0.05, 0) is 38.3 Å². The van der Waals surface area contributed by atoms with E-state index >= 15 is 0 Å². The Hall–Kier alpha value is -2.14. The van der Waals surface area contributed by atoms with Gasteiger partial charge in [-0.1, -0.05) is 19.9 Å². The molecule has 0 spiro atoms. The fraction of sp³-hybridized carbons (Fsp3) is 0.474. The van der Waals surface area contributed by atoms with Crippen LogP contribution in [-0.2, 0) is 9.53 Å². The molecule has 0 amide bonds. The lowest BCUT2D eigenvalue weighted by Gasteiger charge is -2.48. The highest BCUT2D eigenvalue weighted by Crippen LogP contribution is 2.56. The SMILES string of the molecule is C/C=C(/C)C(=O)O[C@@H]1c2ccoc2C(=O)C2=C[C@H](O)C[C@H](C)[C@]21C. The number of aliphatic hydroxyl groups is 1. The monoisotopic (exact) mass is 330 g/mol. The Balaban J connectivity index is 2.15. The summed E-state index contributed by atoms with van der Waals surface area (Å²) in [4.78, 5) is 25.2. The molecular weight excluding hydrogens is 308 g/mol. The first-order valence-corrected chi connectivity index (χ1v) is 8.17. The van der Waals surface area contributed by atoms with Crippen LogP contribution in [0.5, 0.6) is 0 Å². The molecule has 2 aliphatic rings. The number of ether oxygens (including phenoxy) is 1. The van der Waals surface area contributed by atoms with Gasteiger partial charge < -0.3 is 14.3 Å². The molecule has 24 heavy (non-hydrogen) atoms. The first-order chi connectivity index (χ1) is 11.3. The molecule has 0 saturated carbocycles. The minimum absolute atomic E-state index is 0.0387. The van der Waals surface area contributed by atoms with E-state index in [1.807, 2.05) is 13.8 Å². The van der Waals surface area contributed by atoms with Gasteiger partial charge in [0.1, 0.15) is 6.10 Å². The minimum atomic E-state index is -0.698. The maximum atomic E-state index is 12.8. The lowest BCUT2D eigenvalue weighted by molar-refractivity contribution is -0.153. The molecule has 4 atom stereocenters. The number of ketones is 1. The number of esters is 1. The van der Waals surface area contributed by atoms with Crippen molar-refractivity contribution < 1.29 is 23.8 Å². The van der Waals surface area contributed by atoms with E-state index in [0.29, 0.717) is 23.1 Å². The van der Waals surface area contributed by atoms with Crippen molar-refractivity contribution in [1.82, 2.24) is 0 Å². The number of fused-ring (bicyclic) bond motifs is 2. The highest BCUT2D eigenvalue weighted by atomic mass is 16.5. The first-order valence-electron chi connectivity index (χ1n) is 8.17. The number of hydrogen-bond acceptors (Lipinski definition) is 5. The van der Waals surface area contributed by atoms with E-state index in [2.05, 4.69) is 0 Å². The van der Waals surface area contributed by atoms with Gasteiger partial charge >= 0.3 is 5.97 Å². The summed E-state index contributed by atoms with van der Waals surface area (Å²) in [5.74, 6) is -0.500. The highest BCUT2D eigenvalue weighted by molar-refractivity contribution is 6.10. The van der Waals surface area contributed by atoms with Gasteiger partial charge in [-0.2, -0.15) is 0 Å². The lowest BCUT2D eigenvalue weighted by Crippen LogP contribution is -2.46. The van der Waals surface area contributed by atoms with Crippen molar-refractivity contribution in [2.24, 2.45) is 11.3 Å². The fourth-order valence-corrected chi connectivity index (χ4v) is 3.69. The van der Waals surface area contributed by atoms with Crippen LogP contribution >= 0.6 is 0 Å². The first kappa shape index (κ1) is 16.7. The predicted octanol–water partition coefficient (Wildman–Crippen LogP) is 3.36. The third-order valence-corrected chi connectivity index (χ3v) is 5.51. The molecule has 128 valence electrons. The van der Waals surface area contributed by atoms with Crippen molar-refractivity contribution >= 4 is 11.8 Å². The Morgan fingerprint density at radius 3 is 2.88 bits per heavy atom. The summed E-state index contributed by atoms with van der Waals surface area (Å²) >= 11 is 0. The zero-order valence-corrected chi connectivity index (χ0v) is 14.3. The number of furan rings is 1. The molecule has 0 aliphatic heterocycles. The van der Waals surface area contributed by atoms with Crippen molar-refractivity contribution in [3.8, 4) is 0 Å². The molecule has 2 aliphatic carbocycles. The van der Waals surface area contributed by atoms with E-state index in [-0.39, 0.29) is 17.5 Å². The van der Waals surface area contributed by atoms with Gasteiger partial charge in [-0.15, -0.1) is 0 Å². The maximum absolute atomic E-state index is 12.8. The number of aliphatic hydroxyl groups excluding tert-OH is 1. The fourth-order valence-electron chi connectivity index (χ4n) is 3.69. The number of carbonyl (C=O) groups excluding carboxylic acids is 2. The molecule has 0 saturated heterocycles. The largest absolute Gasteiger partial charge is 0.460 e. The quantitative estimate of drug-likeness (QED) is 0.664. The van der Waals surface area contributed by atoms with Crippen molar-refractivity contribution in [3.05, 3.63) is 47.0 Å². The van der Waals surface area contributed by atoms with Crippen LogP contribution in [0.3, 0.4) is 0 Å². The smallest absolute Gasteiger partial charge is 0.334 e. The summed E-state index contributed by atoms with van der Waals surface area (Å²) in [6.07, 6.45) is 3.92. The van der Waals surface area contributed by atoms with E-state index in [9.17, 15) is 14.7 Å². The molecule has 1 aromatic rings. The zero-order valence-electron chi connectivity index (χ0n) is 14.3. The molecule has 0 fully saturated rings. The molecule has 3 rings (SSSR count). The number of hydrogen-bond donors (Lipinski definition) is 1. The van der Waals surface area contributed by atoms with Gasteiger partial charge in [-0.3, -0.25) is 4.79 Å². The van der Waals surface area contributed by atoms with E-state index in [1.54, 1.807) is 32.1 Å². The van der Waals surface area contributed by atoms with Crippen LogP contribution < -0.4 is 0 Å². The van der Waals surface area contributed by atoms with Crippen LogP contribution in [0.25, 0.3) is 0 Å². The summed E-state index contributed by atoms with van der Waals surface area (Å²) in [5, 5.41) is 10.1. The maximum Gasteiger partial charge on any atom is 0.334 e. The molecule has 5 heteroatoms. The molecule has 0 radical (unpaired) electrons. The average Bonchev–Trinajstić information content (AvgIpc) is 3.02. The Morgan fingerprint density at radius 2 is 2.21 bits per heavy atom.